The summed E-state index contributed by atoms with van der Waals surface area (Å²) in [5.41, 5.74) is 0.866. The Morgan fingerprint density at radius 3 is 2.52 bits per heavy atom. The molecule has 0 aliphatic carbocycles. The Kier molecular flexibility index (Phi) is 5.13. The fourth-order valence-corrected chi connectivity index (χ4v) is 3.80. The smallest absolute Gasteiger partial charge is 0.332 e. The molecule has 1 fully saturated rings. The summed E-state index contributed by atoms with van der Waals surface area (Å²) in [5, 5.41) is 2.57. The summed E-state index contributed by atoms with van der Waals surface area (Å²) in [4.78, 5) is 25.9. The minimum atomic E-state index is -4.13. The molecule has 0 bridgehead atoms. The molecule has 142 valence electrons. The number of carbonyl (C=O) groups excluding carboxylic acids is 2. The molecule has 1 unspecified atom stereocenters. The average molecular weight is 391 g/mol. The van der Waals surface area contributed by atoms with Crippen molar-refractivity contribution in [2.24, 2.45) is 0 Å². The van der Waals surface area contributed by atoms with E-state index >= 15 is 0 Å². The maximum Gasteiger partial charge on any atom is 0.332 e. The first-order valence-electron chi connectivity index (χ1n) is 8.22. The average Bonchev–Trinajstić information content (AvgIpc) is 2.62. The standard InChI is InChI=1S/C18H18FN3O4S/c1-12-6-8-13(9-7-12)27(25,26)21-18(24)22-11-10-20-17(23)16(22)14-4-2-3-5-15(14)19/h2-9,16H,10-11H2,1H3,(H,20,23)(H,21,24). The van der Waals surface area contributed by atoms with Crippen molar-refractivity contribution >= 4 is 22.0 Å². The first-order chi connectivity index (χ1) is 12.8. The second-order valence-corrected chi connectivity index (χ2v) is 7.81. The van der Waals surface area contributed by atoms with Gasteiger partial charge >= 0.3 is 6.03 Å². The van der Waals surface area contributed by atoms with Crippen molar-refractivity contribution in [3.05, 3.63) is 65.5 Å². The van der Waals surface area contributed by atoms with Gasteiger partial charge in [-0.2, -0.15) is 0 Å². The minimum absolute atomic E-state index is 0.00224. The number of aryl methyl sites for hydroxylation is 1. The molecule has 0 aromatic heterocycles. The van der Waals surface area contributed by atoms with E-state index in [4.69, 9.17) is 0 Å². The van der Waals surface area contributed by atoms with E-state index in [0.717, 1.165) is 10.5 Å². The number of nitrogens with one attached hydrogen (secondary N) is 2. The monoisotopic (exact) mass is 391 g/mol. The van der Waals surface area contributed by atoms with E-state index in [1.807, 2.05) is 4.72 Å². The Balaban J connectivity index is 1.88. The summed E-state index contributed by atoms with van der Waals surface area (Å²) in [6.45, 7) is 1.99. The van der Waals surface area contributed by atoms with Gasteiger partial charge < -0.3 is 10.2 Å². The van der Waals surface area contributed by atoms with Crippen LogP contribution < -0.4 is 10.0 Å². The molecular formula is C18H18FN3O4S. The molecule has 9 heteroatoms. The van der Waals surface area contributed by atoms with Gasteiger partial charge in [-0.15, -0.1) is 0 Å². The van der Waals surface area contributed by atoms with Gasteiger partial charge in [-0.1, -0.05) is 35.9 Å². The van der Waals surface area contributed by atoms with Gasteiger partial charge in [0.15, 0.2) is 0 Å². The zero-order chi connectivity index (χ0) is 19.6. The number of nitrogens with zero attached hydrogens (tertiary/aromatic N) is 1. The van der Waals surface area contributed by atoms with E-state index in [9.17, 15) is 22.4 Å². The minimum Gasteiger partial charge on any atom is -0.352 e. The number of sulfonamides is 1. The summed E-state index contributed by atoms with van der Waals surface area (Å²) < 4.78 is 41.0. The van der Waals surface area contributed by atoms with E-state index in [-0.39, 0.29) is 23.5 Å². The highest BCUT2D eigenvalue weighted by Gasteiger charge is 2.37. The molecular weight excluding hydrogens is 373 g/mol. The van der Waals surface area contributed by atoms with Crippen LogP contribution in [0.15, 0.2) is 53.4 Å². The Morgan fingerprint density at radius 2 is 1.85 bits per heavy atom. The van der Waals surface area contributed by atoms with Crippen LogP contribution in [0.25, 0.3) is 0 Å². The molecule has 1 atom stereocenters. The molecule has 3 amide bonds. The van der Waals surface area contributed by atoms with Crippen LogP contribution in [0, 0.1) is 12.7 Å². The molecule has 0 spiro atoms. The van der Waals surface area contributed by atoms with Crippen LogP contribution >= 0.6 is 0 Å². The van der Waals surface area contributed by atoms with Crippen LogP contribution in [0.1, 0.15) is 17.2 Å². The lowest BCUT2D eigenvalue weighted by molar-refractivity contribution is -0.127. The summed E-state index contributed by atoms with van der Waals surface area (Å²) in [6.07, 6.45) is 0. The number of amides is 3. The molecule has 2 N–H and O–H groups in total. The van der Waals surface area contributed by atoms with Gasteiger partial charge in [0.1, 0.15) is 11.9 Å². The number of hydrogen-bond acceptors (Lipinski definition) is 4. The lowest BCUT2D eigenvalue weighted by atomic mass is 10.0. The zero-order valence-corrected chi connectivity index (χ0v) is 15.3. The predicted octanol–water partition coefficient (Wildman–Crippen LogP) is 1.71. The van der Waals surface area contributed by atoms with E-state index < -0.39 is 33.8 Å². The van der Waals surface area contributed by atoms with Crippen LogP contribution in [0.5, 0.6) is 0 Å². The van der Waals surface area contributed by atoms with Gasteiger partial charge in [0.2, 0.25) is 5.91 Å². The Hall–Kier alpha value is -2.94. The molecule has 0 radical (unpaired) electrons. The zero-order valence-electron chi connectivity index (χ0n) is 14.5. The lowest BCUT2D eigenvalue weighted by Crippen LogP contribution is -2.55. The second kappa shape index (κ2) is 7.36. The number of rotatable bonds is 3. The fraction of sp³-hybridized carbons (Fsp3) is 0.222. The number of hydrogen-bond donors (Lipinski definition) is 2. The fourth-order valence-electron chi connectivity index (χ4n) is 2.84. The van der Waals surface area contributed by atoms with Crippen molar-refractivity contribution < 1.29 is 22.4 Å². The van der Waals surface area contributed by atoms with Crippen LogP contribution in [0.3, 0.4) is 0 Å². The SMILES string of the molecule is Cc1ccc(S(=O)(=O)NC(=O)N2CCNC(=O)C2c2ccccc2F)cc1. The maximum absolute atomic E-state index is 14.2. The van der Waals surface area contributed by atoms with Gasteiger partial charge in [0, 0.05) is 18.7 Å². The number of carbonyl (C=O) groups is 2. The summed E-state index contributed by atoms with van der Waals surface area (Å²) in [7, 11) is -4.13. The number of urea groups is 1. The second-order valence-electron chi connectivity index (χ2n) is 6.13. The molecule has 2 aromatic rings. The first kappa shape index (κ1) is 18.8. The van der Waals surface area contributed by atoms with Gasteiger partial charge in [-0.25, -0.2) is 22.3 Å². The Morgan fingerprint density at radius 1 is 1.19 bits per heavy atom. The first-order valence-corrected chi connectivity index (χ1v) is 9.70. The quantitative estimate of drug-likeness (QED) is 0.833. The third kappa shape index (κ3) is 3.92. The lowest BCUT2D eigenvalue weighted by Gasteiger charge is -2.35. The third-order valence-corrected chi connectivity index (χ3v) is 5.56. The van der Waals surface area contributed by atoms with Crippen molar-refractivity contribution in [2.75, 3.05) is 13.1 Å². The molecule has 0 saturated carbocycles. The van der Waals surface area contributed by atoms with Crippen LogP contribution in [-0.2, 0) is 14.8 Å². The van der Waals surface area contributed by atoms with Crippen LogP contribution in [0.2, 0.25) is 0 Å². The molecule has 1 aliphatic rings. The van der Waals surface area contributed by atoms with Crippen molar-refractivity contribution in [1.29, 1.82) is 0 Å². The topological polar surface area (TPSA) is 95.6 Å². The molecule has 1 saturated heterocycles. The molecule has 27 heavy (non-hydrogen) atoms. The van der Waals surface area contributed by atoms with Crippen molar-refractivity contribution in [3.8, 4) is 0 Å². The van der Waals surface area contributed by atoms with E-state index in [1.54, 1.807) is 25.1 Å². The van der Waals surface area contributed by atoms with Crippen LogP contribution in [0.4, 0.5) is 9.18 Å². The van der Waals surface area contributed by atoms with Gasteiger partial charge in [0.25, 0.3) is 10.0 Å². The van der Waals surface area contributed by atoms with E-state index in [2.05, 4.69) is 5.32 Å². The number of halogens is 1. The Bertz CT molecular complexity index is 976. The number of benzene rings is 2. The van der Waals surface area contributed by atoms with Gasteiger partial charge in [-0.3, -0.25) is 4.79 Å². The van der Waals surface area contributed by atoms with E-state index in [0.29, 0.717) is 0 Å². The van der Waals surface area contributed by atoms with Crippen LogP contribution in [-0.4, -0.2) is 38.3 Å². The summed E-state index contributed by atoms with van der Waals surface area (Å²) in [5.74, 6) is -1.23. The summed E-state index contributed by atoms with van der Waals surface area (Å²) >= 11 is 0. The van der Waals surface area contributed by atoms with Crippen molar-refractivity contribution in [3.63, 3.8) is 0 Å². The molecule has 1 heterocycles. The predicted molar refractivity (Wildman–Crippen MR) is 95.8 cm³/mol. The van der Waals surface area contributed by atoms with Crippen molar-refractivity contribution in [1.82, 2.24) is 14.9 Å². The van der Waals surface area contributed by atoms with Gasteiger partial charge in [-0.05, 0) is 25.1 Å². The Labute approximate surface area is 156 Å². The third-order valence-electron chi connectivity index (χ3n) is 4.23. The van der Waals surface area contributed by atoms with E-state index in [1.165, 1.54) is 30.3 Å². The molecule has 1 aliphatic heterocycles. The largest absolute Gasteiger partial charge is 0.352 e. The molecule has 2 aromatic carbocycles. The number of piperazine rings is 1. The normalized spacial score (nSPS) is 17.3. The maximum atomic E-state index is 14.2. The molecule has 7 nitrogen and oxygen atoms in total. The highest BCUT2D eigenvalue weighted by atomic mass is 32.2. The summed E-state index contributed by atoms with van der Waals surface area (Å²) in [6, 6.07) is 9.29. The van der Waals surface area contributed by atoms with Crippen molar-refractivity contribution in [2.45, 2.75) is 17.9 Å². The highest BCUT2D eigenvalue weighted by molar-refractivity contribution is 7.90. The van der Waals surface area contributed by atoms with Gasteiger partial charge in [0.05, 0.1) is 4.90 Å². The molecule has 3 rings (SSSR count). The highest BCUT2D eigenvalue weighted by Crippen LogP contribution is 2.26.